The van der Waals surface area contributed by atoms with Crippen LogP contribution in [0.2, 0.25) is 0 Å². The summed E-state index contributed by atoms with van der Waals surface area (Å²) in [5.74, 6) is 2.12. The van der Waals surface area contributed by atoms with Gasteiger partial charge in [-0.05, 0) is 49.8 Å². The molecule has 1 aromatic carbocycles. The molecule has 198 valence electrons. The molecule has 0 amide bonds. The number of rotatable bonds is 4. The lowest BCUT2D eigenvalue weighted by atomic mass is 9.73. The Morgan fingerprint density at radius 3 is 2.78 bits per heavy atom. The molecular weight excluding hydrogens is 488 g/mol. The molecule has 8 nitrogen and oxygen atoms in total. The molecule has 0 unspecified atom stereocenters. The van der Waals surface area contributed by atoms with Gasteiger partial charge in [0.15, 0.2) is 5.84 Å². The number of amidine groups is 1. The number of anilines is 2. The molecule has 2 aromatic rings. The predicted molar refractivity (Wildman–Crippen MR) is 148 cm³/mol. The van der Waals surface area contributed by atoms with Crippen molar-refractivity contribution >= 4 is 35.5 Å². The van der Waals surface area contributed by atoms with Crippen LogP contribution in [0, 0.1) is 5.41 Å². The molecule has 2 fully saturated rings. The van der Waals surface area contributed by atoms with Crippen LogP contribution in [0.25, 0.3) is 0 Å². The van der Waals surface area contributed by atoms with Crippen molar-refractivity contribution in [2.75, 3.05) is 36.0 Å². The molecule has 0 saturated carbocycles. The fraction of sp³-hybridized carbons (Fsp3) is 0.571. The van der Waals surface area contributed by atoms with Gasteiger partial charge >= 0.3 is 0 Å². The number of benzene rings is 1. The lowest BCUT2D eigenvalue weighted by Gasteiger charge is -2.41. The standard InChI is InChI=1S/C28H36N6O2.ClH/c1-3-20(35)14-19-6-4-8-23-21(19)7-5-11-34(23)27-25-22(15-31-27)32-24(16-30-25)33-12-9-28(10-13-33)17-36-18(2)26(28)29;/h4,6,8,16,18,26H,3,5,7,9-15,17,29H2,1-2H3;1H/t18-,26+;/m0./s1. The van der Waals surface area contributed by atoms with Crippen molar-refractivity contribution in [3.63, 3.8) is 0 Å². The van der Waals surface area contributed by atoms with E-state index in [0.717, 1.165) is 86.2 Å². The van der Waals surface area contributed by atoms with Crippen LogP contribution < -0.4 is 15.5 Å². The van der Waals surface area contributed by atoms with Crippen LogP contribution in [-0.2, 0) is 28.9 Å². The van der Waals surface area contributed by atoms with Crippen LogP contribution >= 0.6 is 12.4 Å². The van der Waals surface area contributed by atoms with Gasteiger partial charge in [-0.2, -0.15) is 0 Å². The quantitative estimate of drug-likeness (QED) is 0.654. The van der Waals surface area contributed by atoms with Gasteiger partial charge in [-0.15, -0.1) is 12.4 Å². The van der Waals surface area contributed by atoms with Gasteiger partial charge < -0.3 is 20.3 Å². The molecule has 37 heavy (non-hydrogen) atoms. The fourth-order valence-corrected chi connectivity index (χ4v) is 6.38. The summed E-state index contributed by atoms with van der Waals surface area (Å²) in [5, 5.41) is 0. The highest BCUT2D eigenvalue weighted by Crippen LogP contribution is 2.42. The van der Waals surface area contributed by atoms with E-state index in [9.17, 15) is 4.79 Å². The summed E-state index contributed by atoms with van der Waals surface area (Å²) in [5.41, 5.74) is 12.0. The second-order valence-corrected chi connectivity index (χ2v) is 10.8. The summed E-state index contributed by atoms with van der Waals surface area (Å²) in [6.07, 6.45) is 7.19. The van der Waals surface area contributed by atoms with Crippen molar-refractivity contribution in [2.24, 2.45) is 16.1 Å². The third-order valence-corrected chi connectivity index (χ3v) is 8.74. The first-order valence-corrected chi connectivity index (χ1v) is 13.4. The van der Waals surface area contributed by atoms with Crippen LogP contribution in [0.1, 0.15) is 62.0 Å². The van der Waals surface area contributed by atoms with Gasteiger partial charge in [0.25, 0.3) is 0 Å². The minimum absolute atomic E-state index is 0. The smallest absolute Gasteiger partial charge is 0.156 e. The van der Waals surface area contributed by atoms with E-state index in [1.165, 1.54) is 5.56 Å². The van der Waals surface area contributed by atoms with E-state index in [4.69, 9.17) is 25.4 Å². The summed E-state index contributed by atoms with van der Waals surface area (Å²) in [6, 6.07) is 6.42. The normalized spacial score (nSPS) is 23.9. The van der Waals surface area contributed by atoms with Gasteiger partial charge in [-0.1, -0.05) is 19.1 Å². The number of hydrogen-bond acceptors (Lipinski definition) is 8. The molecule has 0 radical (unpaired) electrons. The lowest BCUT2D eigenvalue weighted by Crippen LogP contribution is -2.50. The number of halogens is 1. The number of hydrogen-bond donors (Lipinski definition) is 1. The monoisotopic (exact) mass is 524 g/mol. The molecule has 2 atom stereocenters. The van der Waals surface area contributed by atoms with E-state index in [2.05, 4.69) is 34.9 Å². The van der Waals surface area contributed by atoms with Crippen molar-refractivity contribution in [3.05, 3.63) is 46.9 Å². The minimum atomic E-state index is 0. The second-order valence-electron chi connectivity index (χ2n) is 10.8. The Kier molecular flexibility index (Phi) is 7.27. The number of Topliss-reactive ketones (excluding diaryl/α,β-unsaturated/α-hetero) is 1. The van der Waals surface area contributed by atoms with E-state index in [1.54, 1.807) is 0 Å². The van der Waals surface area contributed by atoms with E-state index in [1.807, 2.05) is 13.1 Å². The average molecular weight is 525 g/mol. The van der Waals surface area contributed by atoms with Gasteiger partial charge in [0.2, 0.25) is 0 Å². The van der Waals surface area contributed by atoms with Gasteiger partial charge in [0, 0.05) is 49.6 Å². The number of fused-ring (bicyclic) bond motifs is 2. The highest BCUT2D eigenvalue weighted by molar-refractivity contribution is 6.11. The number of aromatic nitrogens is 2. The molecule has 2 saturated heterocycles. The Hall–Kier alpha value is -2.55. The van der Waals surface area contributed by atoms with Crippen LogP contribution in [0.15, 0.2) is 29.4 Å². The molecule has 6 rings (SSSR count). The maximum Gasteiger partial charge on any atom is 0.156 e. The first kappa shape index (κ1) is 26.1. The zero-order valence-corrected chi connectivity index (χ0v) is 22.6. The molecule has 1 aromatic heterocycles. The molecular formula is C28H37ClN6O2. The molecule has 0 aliphatic carbocycles. The minimum Gasteiger partial charge on any atom is -0.376 e. The molecule has 2 N–H and O–H groups in total. The topological polar surface area (TPSA) is 96.9 Å². The van der Waals surface area contributed by atoms with E-state index in [0.29, 0.717) is 19.4 Å². The highest BCUT2D eigenvalue weighted by Gasteiger charge is 2.47. The number of ketones is 1. The molecule has 4 aliphatic rings. The first-order valence-electron chi connectivity index (χ1n) is 13.4. The molecule has 0 bridgehead atoms. The number of nitrogens with two attached hydrogens (primary N) is 1. The van der Waals surface area contributed by atoms with Crippen molar-refractivity contribution in [1.29, 1.82) is 0 Å². The number of carbonyl (C=O) groups excluding carboxylic acids is 1. The fourth-order valence-electron chi connectivity index (χ4n) is 6.38. The summed E-state index contributed by atoms with van der Waals surface area (Å²) >= 11 is 0. The summed E-state index contributed by atoms with van der Waals surface area (Å²) in [4.78, 5) is 31.6. The molecule has 1 spiro atoms. The second kappa shape index (κ2) is 10.3. The van der Waals surface area contributed by atoms with Crippen molar-refractivity contribution in [1.82, 2.24) is 9.97 Å². The maximum atomic E-state index is 12.2. The Morgan fingerprint density at radius 1 is 1.24 bits per heavy atom. The summed E-state index contributed by atoms with van der Waals surface area (Å²) in [6.45, 7) is 8.08. The van der Waals surface area contributed by atoms with Gasteiger partial charge in [0.1, 0.15) is 17.3 Å². The van der Waals surface area contributed by atoms with E-state index >= 15 is 0 Å². The first-order chi connectivity index (χ1) is 17.5. The predicted octanol–water partition coefficient (Wildman–Crippen LogP) is 3.47. The van der Waals surface area contributed by atoms with Gasteiger partial charge in [-0.25, -0.2) is 9.97 Å². The highest BCUT2D eigenvalue weighted by atomic mass is 35.5. The lowest BCUT2D eigenvalue weighted by molar-refractivity contribution is -0.118. The number of ether oxygens (including phenoxy) is 1. The Labute approximate surface area is 225 Å². The zero-order valence-electron chi connectivity index (χ0n) is 21.8. The Balaban J connectivity index is 0.00000280. The maximum absolute atomic E-state index is 12.2. The van der Waals surface area contributed by atoms with Gasteiger partial charge in [0.05, 0.1) is 31.1 Å². The SMILES string of the molecule is CCC(=O)Cc1cccc2c1CCCN2C1=NCc2nc(N3CCC4(CC3)CO[C@@H](C)[C@H]4N)cnc21.Cl. The number of piperidine rings is 1. The van der Waals surface area contributed by atoms with Crippen LogP contribution in [0.3, 0.4) is 0 Å². The summed E-state index contributed by atoms with van der Waals surface area (Å²) in [7, 11) is 0. The number of carbonyl (C=O) groups is 1. The van der Waals surface area contributed by atoms with Crippen LogP contribution in [0.4, 0.5) is 11.5 Å². The average Bonchev–Trinajstić information content (AvgIpc) is 3.45. The molecule has 9 heteroatoms. The van der Waals surface area contributed by atoms with Crippen LogP contribution in [0.5, 0.6) is 0 Å². The number of nitrogens with zero attached hydrogens (tertiary/aromatic N) is 5. The van der Waals surface area contributed by atoms with Crippen molar-refractivity contribution < 1.29 is 9.53 Å². The van der Waals surface area contributed by atoms with E-state index < -0.39 is 0 Å². The molecule has 5 heterocycles. The number of aliphatic imine (C=N–C) groups is 1. The zero-order chi connectivity index (χ0) is 24.9. The summed E-state index contributed by atoms with van der Waals surface area (Å²) < 4.78 is 5.88. The molecule has 4 aliphatic heterocycles. The van der Waals surface area contributed by atoms with Crippen molar-refractivity contribution in [3.8, 4) is 0 Å². The van der Waals surface area contributed by atoms with Crippen LogP contribution in [-0.4, -0.2) is 60.0 Å². The largest absolute Gasteiger partial charge is 0.376 e. The Morgan fingerprint density at radius 2 is 2.05 bits per heavy atom. The van der Waals surface area contributed by atoms with E-state index in [-0.39, 0.29) is 35.8 Å². The van der Waals surface area contributed by atoms with Gasteiger partial charge in [-0.3, -0.25) is 9.79 Å². The Bertz CT molecular complexity index is 1210. The third kappa shape index (κ3) is 4.53. The van der Waals surface area contributed by atoms with Crippen molar-refractivity contribution in [2.45, 2.75) is 71.1 Å². The third-order valence-electron chi connectivity index (χ3n) is 8.74.